The van der Waals surface area contributed by atoms with Gasteiger partial charge in [0.2, 0.25) is 5.91 Å². The van der Waals surface area contributed by atoms with E-state index in [2.05, 4.69) is 25.4 Å². The zero-order chi connectivity index (χ0) is 20.7. The summed E-state index contributed by atoms with van der Waals surface area (Å²) >= 11 is 0. The summed E-state index contributed by atoms with van der Waals surface area (Å²) in [4.78, 5) is 21.8. The van der Waals surface area contributed by atoms with Crippen molar-refractivity contribution < 1.29 is 9.18 Å². The predicted molar refractivity (Wildman–Crippen MR) is 115 cm³/mol. The number of rotatable bonds is 3. The number of carbonyl (C=O) groups is 1. The van der Waals surface area contributed by atoms with E-state index in [4.69, 9.17) is 0 Å². The minimum Gasteiger partial charge on any atom is -0.354 e. The SMILES string of the molecule is Cc1cc(F)cnc1N1CCN(CC2CCC3C(C2)NC(=O)C2CCCNC23)CC1. The zero-order valence-corrected chi connectivity index (χ0v) is 17.9. The second-order valence-corrected chi connectivity index (χ2v) is 9.77. The molecule has 2 N–H and O–H groups in total. The van der Waals surface area contributed by atoms with E-state index in [0.717, 1.165) is 69.9 Å². The lowest BCUT2D eigenvalue weighted by Gasteiger charge is -2.50. The molecular weight excluding hydrogens is 381 g/mol. The van der Waals surface area contributed by atoms with E-state index in [1.54, 1.807) is 6.07 Å². The molecule has 30 heavy (non-hydrogen) atoms. The molecule has 4 fully saturated rings. The minimum absolute atomic E-state index is 0.188. The van der Waals surface area contributed by atoms with Crippen LogP contribution >= 0.6 is 0 Å². The van der Waals surface area contributed by atoms with E-state index in [1.807, 2.05) is 6.92 Å². The topological polar surface area (TPSA) is 60.5 Å². The summed E-state index contributed by atoms with van der Waals surface area (Å²) in [5, 5.41) is 7.05. The van der Waals surface area contributed by atoms with Gasteiger partial charge in [-0.15, -0.1) is 0 Å². The van der Waals surface area contributed by atoms with Crippen LogP contribution in [0.25, 0.3) is 0 Å². The van der Waals surface area contributed by atoms with E-state index in [9.17, 15) is 9.18 Å². The first-order chi connectivity index (χ1) is 14.6. The number of pyridine rings is 1. The van der Waals surface area contributed by atoms with E-state index in [1.165, 1.54) is 19.0 Å². The zero-order valence-electron chi connectivity index (χ0n) is 17.9. The fourth-order valence-electron chi connectivity index (χ4n) is 6.36. The summed E-state index contributed by atoms with van der Waals surface area (Å²) < 4.78 is 13.4. The molecule has 7 heteroatoms. The Morgan fingerprint density at radius 1 is 1.20 bits per heavy atom. The Hall–Kier alpha value is -1.73. The fraction of sp³-hybridized carbons (Fsp3) is 0.739. The Balaban J connectivity index is 1.14. The van der Waals surface area contributed by atoms with Crippen molar-refractivity contribution in [2.45, 2.75) is 51.1 Å². The number of nitrogens with one attached hydrogen (secondary N) is 2. The molecule has 6 nitrogen and oxygen atoms in total. The molecule has 1 aromatic rings. The number of halogens is 1. The minimum atomic E-state index is -0.268. The monoisotopic (exact) mass is 415 g/mol. The van der Waals surface area contributed by atoms with Gasteiger partial charge in [0.15, 0.2) is 0 Å². The number of carbonyl (C=O) groups excluding carboxylic acids is 1. The molecule has 3 saturated heterocycles. The number of amides is 1. The third-order valence-corrected chi connectivity index (χ3v) is 7.85. The van der Waals surface area contributed by atoms with Crippen molar-refractivity contribution in [3.8, 4) is 0 Å². The van der Waals surface area contributed by atoms with Gasteiger partial charge in [-0.1, -0.05) is 0 Å². The van der Waals surface area contributed by atoms with Gasteiger partial charge in [0.05, 0.1) is 12.1 Å². The molecule has 5 atom stereocenters. The van der Waals surface area contributed by atoms with Gasteiger partial charge in [-0.25, -0.2) is 9.37 Å². The molecule has 5 unspecified atom stereocenters. The molecule has 0 bridgehead atoms. The van der Waals surface area contributed by atoms with E-state index >= 15 is 0 Å². The van der Waals surface area contributed by atoms with Crippen LogP contribution < -0.4 is 15.5 Å². The molecule has 1 amide bonds. The molecule has 0 aromatic carbocycles. The number of aryl methyl sites for hydroxylation is 1. The van der Waals surface area contributed by atoms with Crippen LogP contribution in [0.3, 0.4) is 0 Å². The predicted octanol–water partition coefficient (Wildman–Crippen LogP) is 1.93. The highest BCUT2D eigenvalue weighted by Gasteiger charge is 2.47. The molecule has 1 saturated carbocycles. The van der Waals surface area contributed by atoms with E-state index in [-0.39, 0.29) is 17.6 Å². The van der Waals surface area contributed by atoms with E-state index < -0.39 is 0 Å². The standard InChI is InChI=1S/C23H34FN5O/c1-15-11-17(24)13-26-22(15)29-9-7-28(8-10-29)14-16-4-5-18-20(12-16)27-23(30)19-3-2-6-25-21(18)19/h11,13,16,18-21,25H,2-10,12,14H2,1H3,(H,27,30). The maximum Gasteiger partial charge on any atom is 0.224 e. The summed E-state index contributed by atoms with van der Waals surface area (Å²) in [6, 6.07) is 2.31. The lowest BCUT2D eigenvalue weighted by atomic mass is 9.67. The van der Waals surface area contributed by atoms with Crippen LogP contribution in [-0.2, 0) is 4.79 Å². The number of aromatic nitrogens is 1. The van der Waals surface area contributed by atoms with Crippen LogP contribution in [0.4, 0.5) is 10.2 Å². The third kappa shape index (κ3) is 3.94. The molecule has 4 aliphatic rings. The van der Waals surface area contributed by atoms with Gasteiger partial charge in [0, 0.05) is 44.8 Å². The lowest BCUT2D eigenvalue weighted by Crippen LogP contribution is -2.64. The van der Waals surface area contributed by atoms with Gasteiger partial charge >= 0.3 is 0 Å². The second kappa shape index (κ2) is 8.42. The molecule has 0 radical (unpaired) electrons. The number of piperazine rings is 1. The van der Waals surface area contributed by atoms with Crippen molar-refractivity contribution in [1.29, 1.82) is 0 Å². The van der Waals surface area contributed by atoms with Gasteiger partial charge in [-0.3, -0.25) is 9.69 Å². The Morgan fingerprint density at radius 3 is 2.83 bits per heavy atom. The van der Waals surface area contributed by atoms with Gasteiger partial charge in [-0.05, 0) is 69.0 Å². The number of hydrogen-bond donors (Lipinski definition) is 2. The molecule has 1 aromatic heterocycles. The van der Waals surface area contributed by atoms with Crippen molar-refractivity contribution in [2.24, 2.45) is 17.8 Å². The quantitative estimate of drug-likeness (QED) is 0.790. The molecule has 0 spiro atoms. The van der Waals surface area contributed by atoms with Crippen molar-refractivity contribution in [1.82, 2.24) is 20.5 Å². The number of hydrogen-bond acceptors (Lipinski definition) is 5. The van der Waals surface area contributed by atoms with Gasteiger partial charge in [-0.2, -0.15) is 0 Å². The highest BCUT2D eigenvalue weighted by Crippen LogP contribution is 2.39. The summed E-state index contributed by atoms with van der Waals surface area (Å²) in [6.45, 7) is 8.01. The molecule has 1 aliphatic carbocycles. The first-order valence-electron chi connectivity index (χ1n) is 11.7. The third-order valence-electron chi connectivity index (χ3n) is 7.85. The second-order valence-electron chi connectivity index (χ2n) is 9.77. The Morgan fingerprint density at radius 2 is 2.03 bits per heavy atom. The average Bonchev–Trinajstić information content (AvgIpc) is 2.75. The Bertz CT molecular complexity index is 781. The highest BCUT2D eigenvalue weighted by molar-refractivity contribution is 5.81. The normalized spacial score (nSPS) is 34.8. The summed E-state index contributed by atoms with van der Waals surface area (Å²) in [5.74, 6) is 2.38. The Kier molecular flexibility index (Phi) is 5.67. The highest BCUT2D eigenvalue weighted by atomic mass is 19.1. The van der Waals surface area contributed by atoms with Crippen LogP contribution in [-0.4, -0.2) is 67.1 Å². The van der Waals surface area contributed by atoms with Gasteiger partial charge in [0.1, 0.15) is 11.6 Å². The first-order valence-corrected chi connectivity index (χ1v) is 11.7. The largest absolute Gasteiger partial charge is 0.354 e. The van der Waals surface area contributed by atoms with Crippen molar-refractivity contribution in [2.75, 3.05) is 44.2 Å². The number of anilines is 1. The Labute approximate surface area is 178 Å². The average molecular weight is 416 g/mol. The molecule has 5 rings (SSSR count). The van der Waals surface area contributed by atoms with Crippen LogP contribution in [0.1, 0.15) is 37.7 Å². The summed E-state index contributed by atoms with van der Waals surface area (Å²) in [7, 11) is 0. The number of fused-ring (bicyclic) bond motifs is 3. The van der Waals surface area contributed by atoms with Crippen molar-refractivity contribution >= 4 is 11.7 Å². The smallest absolute Gasteiger partial charge is 0.224 e. The number of piperidine rings is 2. The molecule has 3 aliphatic heterocycles. The first kappa shape index (κ1) is 20.2. The van der Waals surface area contributed by atoms with Crippen LogP contribution in [0.2, 0.25) is 0 Å². The van der Waals surface area contributed by atoms with Crippen molar-refractivity contribution in [3.63, 3.8) is 0 Å². The van der Waals surface area contributed by atoms with Crippen LogP contribution in [0.15, 0.2) is 12.3 Å². The molecule has 4 heterocycles. The van der Waals surface area contributed by atoms with Gasteiger partial charge < -0.3 is 15.5 Å². The lowest BCUT2D eigenvalue weighted by molar-refractivity contribution is -0.133. The van der Waals surface area contributed by atoms with E-state index in [0.29, 0.717) is 23.9 Å². The maximum absolute atomic E-state index is 13.4. The maximum atomic E-state index is 13.4. The van der Waals surface area contributed by atoms with Gasteiger partial charge in [0.25, 0.3) is 0 Å². The summed E-state index contributed by atoms with van der Waals surface area (Å²) in [5.41, 5.74) is 0.907. The molecular formula is C23H34FN5O. The fourth-order valence-corrected chi connectivity index (χ4v) is 6.36. The summed E-state index contributed by atoms with van der Waals surface area (Å²) in [6.07, 6.45) is 7.08. The van der Waals surface area contributed by atoms with Crippen molar-refractivity contribution in [3.05, 3.63) is 23.6 Å². The van der Waals surface area contributed by atoms with Crippen LogP contribution in [0, 0.1) is 30.5 Å². The van der Waals surface area contributed by atoms with Crippen LogP contribution in [0.5, 0.6) is 0 Å². The number of nitrogens with zero attached hydrogens (tertiary/aromatic N) is 3. The molecule has 164 valence electrons.